The molecule has 100 valence electrons. The zero-order valence-electron chi connectivity index (χ0n) is 10.6. The van der Waals surface area contributed by atoms with Crippen molar-refractivity contribution in [1.82, 2.24) is 9.97 Å². The van der Waals surface area contributed by atoms with Crippen LogP contribution >= 0.6 is 27.7 Å². The maximum Gasteiger partial charge on any atom is 0.265 e. The zero-order valence-corrected chi connectivity index (χ0v) is 13.1. The Bertz CT molecular complexity index is 598. The van der Waals surface area contributed by atoms with E-state index in [2.05, 4.69) is 32.8 Å². The lowest BCUT2D eigenvalue weighted by molar-refractivity contribution is 0.993. The van der Waals surface area contributed by atoms with Crippen LogP contribution in [0.1, 0.15) is 19.2 Å². The molecular weight excluding hydrogens is 324 g/mol. The molecule has 0 fully saturated rings. The van der Waals surface area contributed by atoms with Crippen LogP contribution in [0.4, 0.5) is 0 Å². The molecule has 0 spiro atoms. The lowest BCUT2D eigenvalue weighted by Crippen LogP contribution is -2.13. The Balaban J connectivity index is 2.35. The smallest absolute Gasteiger partial charge is 0.265 e. The second-order valence-electron chi connectivity index (χ2n) is 4.09. The van der Waals surface area contributed by atoms with Crippen LogP contribution in [0.3, 0.4) is 0 Å². The first-order valence-corrected chi connectivity index (χ1v) is 8.09. The largest absolute Gasteiger partial charge is 0.309 e. The maximum atomic E-state index is 11.9. The van der Waals surface area contributed by atoms with Crippen LogP contribution in [0.2, 0.25) is 0 Å². The van der Waals surface area contributed by atoms with Crippen molar-refractivity contribution in [2.75, 3.05) is 5.75 Å². The monoisotopic (exact) mass is 338 g/mol. The summed E-state index contributed by atoms with van der Waals surface area (Å²) in [6.45, 7) is 2.14. The van der Waals surface area contributed by atoms with Crippen LogP contribution in [-0.2, 0) is 5.75 Å². The molecule has 3 nitrogen and oxygen atoms in total. The molecule has 0 radical (unpaired) electrons. The molecule has 2 aromatic rings. The summed E-state index contributed by atoms with van der Waals surface area (Å²) in [5.41, 5.74) is 1.53. The molecule has 0 saturated carbocycles. The van der Waals surface area contributed by atoms with Gasteiger partial charge in [0.25, 0.3) is 5.56 Å². The van der Waals surface area contributed by atoms with E-state index in [1.54, 1.807) is 11.8 Å². The number of aromatic amines is 1. The van der Waals surface area contributed by atoms with E-state index in [1.165, 1.54) is 0 Å². The number of nitrogens with zero attached hydrogens (tertiary/aromatic N) is 1. The van der Waals surface area contributed by atoms with Gasteiger partial charge in [-0.1, -0.05) is 37.3 Å². The van der Waals surface area contributed by atoms with Crippen molar-refractivity contribution in [3.8, 4) is 11.3 Å². The van der Waals surface area contributed by atoms with E-state index in [0.29, 0.717) is 10.2 Å². The molecular formula is C14H15BrN2OS. The average molecular weight is 339 g/mol. The van der Waals surface area contributed by atoms with Crippen LogP contribution in [0, 0.1) is 0 Å². The third-order valence-electron chi connectivity index (χ3n) is 2.55. The first-order valence-electron chi connectivity index (χ1n) is 6.14. The third-order valence-corrected chi connectivity index (χ3v) is 4.46. The summed E-state index contributed by atoms with van der Waals surface area (Å²) in [5.74, 6) is 2.53. The Morgan fingerprint density at radius 1 is 1.32 bits per heavy atom. The zero-order chi connectivity index (χ0) is 13.7. The number of hydrogen-bond acceptors (Lipinski definition) is 3. The lowest BCUT2D eigenvalue weighted by Gasteiger charge is -2.06. The highest BCUT2D eigenvalue weighted by Gasteiger charge is 2.10. The first-order chi connectivity index (χ1) is 9.22. The number of aromatic nitrogens is 2. The molecule has 5 heteroatoms. The molecule has 0 aliphatic rings. The summed E-state index contributed by atoms with van der Waals surface area (Å²) in [6.07, 6.45) is 1.12. The third kappa shape index (κ3) is 3.70. The summed E-state index contributed by atoms with van der Waals surface area (Å²) < 4.78 is 0.489. The van der Waals surface area contributed by atoms with Gasteiger partial charge in [0, 0.05) is 5.56 Å². The molecule has 0 atom stereocenters. The SMILES string of the molecule is CCCSCc1nc(-c2ccccc2)c(Br)c(=O)[nH]1. The maximum absolute atomic E-state index is 11.9. The van der Waals surface area contributed by atoms with Gasteiger partial charge < -0.3 is 4.98 Å². The predicted molar refractivity (Wildman–Crippen MR) is 84.4 cm³/mol. The molecule has 0 unspecified atom stereocenters. The number of H-pyrrole nitrogens is 1. The van der Waals surface area contributed by atoms with Crippen molar-refractivity contribution in [3.63, 3.8) is 0 Å². The molecule has 1 aromatic heterocycles. The van der Waals surface area contributed by atoms with E-state index in [9.17, 15) is 4.79 Å². The van der Waals surface area contributed by atoms with Gasteiger partial charge in [-0.15, -0.1) is 0 Å². The second kappa shape index (κ2) is 6.91. The molecule has 19 heavy (non-hydrogen) atoms. The van der Waals surface area contributed by atoms with Crippen molar-refractivity contribution in [3.05, 3.63) is 51.0 Å². The van der Waals surface area contributed by atoms with Gasteiger partial charge in [-0.05, 0) is 28.1 Å². The number of halogens is 1. The van der Waals surface area contributed by atoms with Gasteiger partial charge in [0.15, 0.2) is 0 Å². The van der Waals surface area contributed by atoms with Gasteiger partial charge in [0.2, 0.25) is 0 Å². The molecule has 1 N–H and O–H groups in total. The number of hydrogen-bond donors (Lipinski definition) is 1. The molecule has 0 aliphatic carbocycles. The molecule has 2 rings (SSSR count). The summed E-state index contributed by atoms with van der Waals surface area (Å²) in [6, 6.07) is 9.74. The van der Waals surface area contributed by atoms with Crippen molar-refractivity contribution >= 4 is 27.7 Å². The van der Waals surface area contributed by atoms with Gasteiger partial charge in [-0.2, -0.15) is 11.8 Å². The van der Waals surface area contributed by atoms with Crippen molar-refractivity contribution in [1.29, 1.82) is 0 Å². The number of benzene rings is 1. The summed E-state index contributed by atoms with van der Waals surface area (Å²) in [7, 11) is 0. The highest BCUT2D eigenvalue weighted by molar-refractivity contribution is 9.10. The summed E-state index contributed by atoms with van der Waals surface area (Å²) in [5, 5.41) is 0. The topological polar surface area (TPSA) is 45.8 Å². The second-order valence-corrected chi connectivity index (χ2v) is 5.99. The molecule has 0 bridgehead atoms. The van der Waals surface area contributed by atoms with Crippen LogP contribution in [-0.4, -0.2) is 15.7 Å². The van der Waals surface area contributed by atoms with Gasteiger partial charge in [0.05, 0.1) is 11.4 Å². The Labute approximate surface area is 125 Å². The van der Waals surface area contributed by atoms with Crippen LogP contribution in [0.5, 0.6) is 0 Å². The van der Waals surface area contributed by atoms with E-state index in [-0.39, 0.29) is 5.56 Å². The van der Waals surface area contributed by atoms with E-state index >= 15 is 0 Å². The lowest BCUT2D eigenvalue weighted by atomic mass is 10.1. The van der Waals surface area contributed by atoms with Gasteiger partial charge in [0.1, 0.15) is 10.3 Å². The average Bonchev–Trinajstić information content (AvgIpc) is 2.44. The minimum atomic E-state index is -0.124. The van der Waals surface area contributed by atoms with E-state index < -0.39 is 0 Å². The van der Waals surface area contributed by atoms with E-state index in [1.807, 2.05) is 30.3 Å². The minimum Gasteiger partial charge on any atom is -0.309 e. The normalized spacial score (nSPS) is 10.6. The van der Waals surface area contributed by atoms with E-state index in [0.717, 1.165) is 29.3 Å². The van der Waals surface area contributed by atoms with Crippen molar-refractivity contribution in [2.45, 2.75) is 19.1 Å². The van der Waals surface area contributed by atoms with Crippen molar-refractivity contribution in [2.24, 2.45) is 0 Å². The van der Waals surface area contributed by atoms with Gasteiger partial charge in [-0.25, -0.2) is 4.98 Å². The van der Waals surface area contributed by atoms with Gasteiger partial charge in [-0.3, -0.25) is 4.79 Å². The Morgan fingerprint density at radius 2 is 2.05 bits per heavy atom. The quantitative estimate of drug-likeness (QED) is 0.842. The Morgan fingerprint density at radius 3 is 2.74 bits per heavy atom. The van der Waals surface area contributed by atoms with Crippen LogP contribution in [0.15, 0.2) is 39.6 Å². The Hall–Kier alpha value is -1.07. The fraction of sp³-hybridized carbons (Fsp3) is 0.286. The number of rotatable bonds is 5. The van der Waals surface area contributed by atoms with Crippen LogP contribution in [0.25, 0.3) is 11.3 Å². The summed E-state index contributed by atoms with van der Waals surface area (Å²) >= 11 is 5.10. The molecule has 0 aliphatic heterocycles. The Kier molecular flexibility index (Phi) is 5.22. The first kappa shape index (κ1) is 14.3. The standard InChI is InChI=1S/C14H15BrN2OS/c1-2-8-19-9-11-16-13(12(15)14(18)17-11)10-6-4-3-5-7-10/h3-7H,2,8-9H2,1H3,(H,16,17,18). The highest BCUT2D eigenvalue weighted by Crippen LogP contribution is 2.23. The van der Waals surface area contributed by atoms with Crippen LogP contribution < -0.4 is 5.56 Å². The summed E-state index contributed by atoms with van der Waals surface area (Å²) in [4.78, 5) is 19.3. The fourth-order valence-corrected chi connectivity index (χ4v) is 2.85. The molecule has 1 heterocycles. The fourth-order valence-electron chi connectivity index (χ4n) is 1.67. The predicted octanol–water partition coefficient (Wildman–Crippen LogP) is 3.84. The minimum absolute atomic E-state index is 0.124. The number of nitrogens with one attached hydrogen (secondary N) is 1. The van der Waals surface area contributed by atoms with Gasteiger partial charge >= 0.3 is 0 Å². The highest BCUT2D eigenvalue weighted by atomic mass is 79.9. The molecule has 1 aromatic carbocycles. The molecule has 0 amide bonds. The number of thioether (sulfide) groups is 1. The van der Waals surface area contributed by atoms with E-state index in [4.69, 9.17) is 0 Å². The molecule has 0 saturated heterocycles. The van der Waals surface area contributed by atoms with Crippen molar-refractivity contribution < 1.29 is 0 Å².